The first-order valence-corrected chi connectivity index (χ1v) is 42.2. The van der Waals surface area contributed by atoms with E-state index in [0.717, 1.165) is 7.35 Å². The minimum absolute atomic E-state index is 0.740. The molecule has 183 valence electrons. The summed E-state index contributed by atoms with van der Waals surface area (Å²) >= 11 is -3.62. The second-order valence-corrected chi connectivity index (χ2v) is 93.6. The molecule has 2 atom stereocenters. The average molecular weight is 683 g/mol. The van der Waals surface area contributed by atoms with Gasteiger partial charge in [0, 0.05) is 0 Å². The summed E-state index contributed by atoms with van der Waals surface area (Å²) in [5, 5.41) is 0. The van der Waals surface area contributed by atoms with E-state index in [1.807, 2.05) is 11.1 Å². The van der Waals surface area contributed by atoms with Gasteiger partial charge in [-0.25, -0.2) is 0 Å². The summed E-state index contributed by atoms with van der Waals surface area (Å²) in [6.07, 6.45) is 7.46. The van der Waals surface area contributed by atoms with E-state index >= 15 is 0 Å². The van der Waals surface area contributed by atoms with Crippen LogP contribution < -0.4 is 0 Å². The summed E-state index contributed by atoms with van der Waals surface area (Å²) in [6.45, 7) is 9.60. The van der Waals surface area contributed by atoms with Gasteiger partial charge in [0.25, 0.3) is 0 Å². The fraction of sp³-hybridized carbons (Fsp3) is 0.500. The summed E-state index contributed by atoms with van der Waals surface area (Å²) in [4.78, 5) is 0. The fourth-order valence-electron chi connectivity index (χ4n) is 7.99. The van der Waals surface area contributed by atoms with E-state index in [9.17, 15) is 0 Å². The van der Waals surface area contributed by atoms with E-state index in [-0.39, 0.29) is 0 Å². The predicted octanol–water partition coefficient (Wildman–Crippen LogP) is 10.2. The Hall–Kier alpha value is -0.667. The second kappa shape index (κ2) is 10.0. The molecule has 0 saturated carbocycles. The van der Waals surface area contributed by atoms with Crippen molar-refractivity contribution in [3.8, 4) is 0 Å². The van der Waals surface area contributed by atoms with Crippen molar-refractivity contribution < 1.29 is 16.0 Å². The number of rotatable bonds is 9. The molecule has 0 aliphatic heterocycles. The van der Waals surface area contributed by atoms with Gasteiger partial charge in [-0.3, -0.25) is 0 Å². The van der Waals surface area contributed by atoms with Crippen molar-refractivity contribution in [1.82, 2.24) is 0 Å². The van der Waals surface area contributed by atoms with Gasteiger partial charge in [-0.1, -0.05) is 0 Å². The van der Waals surface area contributed by atoms with Crippen molar-refractivity contribution in [2.24, 2.45) is 0 Å². The van der Waals surface area contributed by atoms with E-state index in [0.29, 0.717) is 0 Å². The van der Waals surface area contributed by atoms with Gasteiger partial charge in [-0.15, -0.1) is 0 Å². The minimum atomic E-state index is -3.62. The zero-order valence-electron chi connectivity index (χ0n) is 23.1. The summed E-state index contributed by atoms with van der Waals surface area (Å²) in [5.74, 6) is 5.57. The molecular formula is C32H47GeHf. The SMILES string of the molecule is CCCC1=C(CC)c2ccccc2[CH]1[Hf]([CH3])([CH3])([CH]1C(CCC)=C(CC)c2ccccc21)[GeH]([CH3])[CH3]. The molecule has 2 aliphatic rings. The molecule has 0 amide bonds. The van der Waals surface area contributed by atoms with Crippen LogP contribution >= 0.6 is 0 Å². The monoisotopic (exact) mass is 685 g/mol. The van der Waals surface area contributed by atoms with Crippen LogP contribution in [0.4, 0.5) is 0 Å². The van der Waals surface area contributed by atoms with Crippen LogP contribution in [0, 0.1) is 0 Å². The van der Waals surface area contributed by atoms with Crippen molar-refractivity contribution in [3.63, 3.8) is 0 Å². The van der Waals surface area contributed by atoms with Crippen molar-refractivity contribution in [3.05, 3.63) is 81.9 Å². The molecule has 2 aromatic carbocycles. The molecule has 0 spiro atoms. The molecule has 0 N–H and O–H groups in total. The van der Waals surface area contributed by atoms with E-state index in [1.165, 1.54) is 38.5 Å². The Balaban J connectivity index is 2.08. The van der Waals surface area contributed by atoms with Crippen molar-refractivity contribution in [2.45, 2.75) is 94.4 Å². The Morgan fingerprint density at radius 3 is 1.35 bits per heavy atom. The maximum absolute atomic E-state index is 3.62. The summed E-state index contributed by atoms with van der Waals surface area (Å²) in [5.41, 5.74) is 13.8. The topological polar surface area (TPSA) is 0 Å². The zero-order chi connectivity index (χ0) is 24.7. The fourth-order valence-corrected chi connectivity index (χ4v) is 69.0. The molecule has 34 heavy (non-hydrogen) atoms. The molecule has 2 aliphatic carbocycles. The van der Waals surface area contributed by atoms with Crippen LogP contribution in [0.3, 0.4) is 0 Å². The Morgan fingerprint density at radius 2 is 1.03 bits per heavy atom. The van der Waals surface area contributed by atoms with Crippen LogP contribution in [-0.4, -0.2) is 10.6 Å². The molecule has 4 rings (SSSR count). The molecule has 0 saturated heterocycles. The molecule has 0 heterocycles. The summed E-state index contributed by atoms with van der Waals surface area (Å²) < 4.78 is 7.41. The molecule has 0 aromatic heterocycles. The van der Waals surface area contributed by atoms with E-state index in [1.54, 1.807) is 33.4 Å². The third-order valence-electron chi connectivity index (χ3n) is 10.1. The van der Waals surface area contributed by atoms with E-state index in [2.05, 4.69) is 97.1 Å². The Morgan fingerprint density at radius 1 is 0.647 bits per heavy atom. The maximum atomic E-state index is 2.97. The van der Waals surface area contributed by atoms with Crippen LogP contribution in [0.25, 0.3) is 11.1 Å². The van der Waals surface area contributed by atoms with Crippen molar-refractivity contribution in [2.75, 3.05) is 0 Å². The first-order chi connectivity index (χ1) is 16.3. The van der Waals surface area contributed by atoms with E-state index < -0.39 is 26.7 Å². The first kappa shape index (κ1) is 26.4. The summed E-state index contributed by atoms with van der Waals surface area (Å²) in [6, 6.07) is 19.2. The predicted molar refractivity (Wildman–Crippen MR) is 153 cm³/mol. The average Bonchev–Trinajstić information content (AvgIpc) is 3.32. The van der Waals surface area contributed by atoms with Gasteiger partial charge in [-0.2, -0.15) is 0 Å². The number of hydrogen-bond donors (Lipinski definition) is 0. The van der Waals surface area contributed by atoms with Crippen LogP contribution in [-0.2, 0) is 16.0 Å². The second-order valence-electron chi connectivity index (χ2n) is 12.1. The van der Waals surface area contributed by atoms with Gasteiger partial charge in [-0.05, 0) is 0 Å². The molecule has 2 unspecified atom stereocenters. The quantitative estimate of drug-likeness (QED) is 0.231. The molecule has 0 fully saturated rings. The van der Waals surface area contributed by atoms with Gasteiger partial charge in [0.05, 0.1) is 0 Å². The number of hydrogen-bond acceptors (Lipinski definition) is 0. The third-order valence-corrected chi connectivity index (χ3v) is 115. The van der Waals surface area contributed by atoms with E-state index in [4.69, 9.17) is 0 Å². The molecule has 0 nitrogen and oxygen atoms in total. The van der Waals surface area contributed by atoms with Crippen LogP contribution in [0.2, 0.25) is 20.9 Å². The van der Waals surface area contributed by atoms with Crippen LogP contribution in [0.5, 0.6) is 0 Å². The van der Waals surface area contributed by atoms with Gasteiger partial charge in [0.15, 0.2) is 0 Å². The molecular weight excluding hydrogens is 635 g/mol. The first-order valence-electron chi connectivity index (χ1n) is 14.1. The standard InChI is InChI=1S/2C14H17.C2H7Ge.2CH3.Hf/c2*1-3-7-11-10-12-8-5-6-9-14(12)13(11)4-2;1-3-2;;;/h2*5-6,8-10H,3-4,7H2,1-2H3;3H,1-2H3;2*1H3;. The van der Waals surface area contributed by atoms with Gasteiger partial charge >= 0.3 is 214 Å². The molecule has 2 heteroatoms. The van der Waals surface area contributed by atoms with Gasteiger partial charge < -0.3 is 0 Å². The Bertz CT molecular complexity index is 1050. The summed E-state index contributed by atoms with van der Waals surface area (Å²) in [7, 11) is -1.60. The van der Waals surface area contributed by atoms with Crippen LogP contribution in [0.1, 0.15) is 95.8 Å². The molecule has 0 bridgehead atoms. The Kier molecular flexibility index (Phi) is 7.77. The number of fused-ring (bicyclic) bond motifs is 2. The van der Waals surface area contributed by atoms with Crippen molar-refractivity contribution in [1.29, 1.82) is 0 Å². The number of allylic oxidation sites excluding steroid dienone is 4. The molecule has 2 aromatic rings. The third kappa shape index (κ3) is 3.78. The van der Waals surface area contributed by atoms with Gasteiger partial charge in [0.2, 0.25) is 0 Å². The normalized spacial score (nSPS) is 21.1. The zero-order valence-corrected chi connectivity index (χ0v) is 29.1. The Labute approximate surface area is 212 Å². The van der Waals surface area contributed by atoms with Gasteiger partial charge in [0.1, 0.15) is 0 Å². The molecule has 0 radical (unpaired) electrons. The van der Waals surface area contributed by atoms with Crippen LogP contribution in [0.15, 0.2) is 59.7 Å². The number of benzene rings is 2. The van der Waals surface area contributed by atoms with Crippen molar-refractivity contribution >= 4 is 21.8 Å².